The van der Waals surface area contributed by atoms with Crippen LogP contribution in [0.1, 0.15) is 12.5 Å². The van der Waals surface area contributed by atoms with Crippen molar-refractivity contribution >= 4 is 22.4 Å². The Morgan fingerprint density at radius 2 is 1.93 bits per heavy atom. The molecule has 8 heteroatoms. The fourth-order valence-corrected chi connectivity index (χ4v) is 3.37. The number of rotatable bonds is 4. The van der Waals surface area contributed by atoms with Gasteiger partial charge in [-0.1, -0.05) is 0 Å². The van der Waals surface area contributed by atoms with E-state index < -0.39 is 0 Å². The molecule has 4 rings (SSSR count). The van der Waals surface area contributed by atoms with Crippen LogP contribution in [-0.2, 0) is 6.54 Å². The molecule has 1 aliphatic rings. The van der Waals surface area contributed by atoms with Gasteiger partial charge in [0.2, 0.25) is 0 Å². The summed E-state index contributed by atoms with van der Waals surface area (Å²) in [5, 5.41) is 6.48. The number of hydrogen-bond donors (Lipinski definition) is 2. The van der Waals surface area contributed by atoms with Crippen LogP contribution >= 0.6 is 0 Å². The number of aromatic nitrogens is 3. The highest BCUT2D eigenvalue weighted by Gasteiger charge is 2.22. The second-order valence-corrected chi connectivity index (χ2v) is 6.66. The number of halogens is 2. The highest BCUT2D eigenvalue weighted by Crippen LogP contribution is 2.30. The van der Waals surface area contributed by atoms with Gasteiger partial charge in [-0.25, -0.2) is 8.78 Å². The summed E-state index contributed by atoms with van der Waals surface area (Å²) in [5.41, 5.74) is 2.57. The van der Waals surface area contributed by atoms with E-state index in [9.17, 15) is 8.78 Å². The lowest BCUT2D eigenvalue weighted by Crippen LogP contribution is -2.49. The van der Waals surface area contributed by atoms with Crippen molar-refractivity contribution in [2.45, 2.75) is 19.5 Å². The van der Waals surface area contributed by atoms with Crippen molar-refractivity contribution in [1.29, 1.82) is 0 Å². The summed E-state index contributed by atoms with van der Waals surface area (Å²) in [4.78, 5) is 14.2. The van der Waals surface area contributed by atoms with Crippen LogP contribution in [-0.4, -0.2) is 40.6 Å². The Balaban J connectivity index is 1.60. The highest BCUT2D eigenvalue weighted by atomic mass is 19.1. The lowest BCUT2D eigenvalue weighted by Gasteiger charge is -2.34. The monoisotopic (exact) mass is 370 g/mol. The molecule has 0 aliphatic carbocycles. The number of pyridine rings is 1. The minimum absolute atomic E-state index is 0.193. The lowest BCUT2D eigenvalue weighted by atomic mass is 10.1. The molecular weight excluding hydrogens is 350 g/mol. The summed E-state index contributed by atoms with van der Waals surface area (Å²) in [6, 6.07) is 3.28. The van der Waals surface area contributed by atoms with Crippen molar-refractivity contribution in [2.75, 3.05) is 29.9 Å². The van der Waals surface area contributed by atoms with Crippen LogP contribution in [0.5, 0.6) is 0 Å². The van der Waals surface area contributed by atoms with Crippen molar-refractivity contribution in [3.63, 3.8) is 0 Å². The Kier molecular flexibility index (Phi) is 4.81. The summed E-state index contributed by atoms with van der Waals surface area (Å²) >= 11 is 0. The van der Waals surface area contributed by atoms with Gasteiger partial charge in [0.25, 0.3) is 0 Å². The Morgan fingerprint density at radius 1 is 1.15 bits per heavy atom. The van der Waals surface area contributed by atoms with Gasteiger partial charge in [-0.05, 0) is 13.0 Å². The third kappa shape index (κ3) is 3.66. The zero-order chi connectivity index (χ0) is 18.8. The first-order valence-corrected chi connectivity index (χ1v) is 8.86. The van der Waals surface area contributed by atoms with Crippen molar-refractivity contribution in [2.24, 2.45) is 0 Å². The number of nitrogens with one attached hydrogen (secondary N) is 2. The molecule has 0 spiro atoms. The molecule has 6 nitrogen and oxygen atoms in total. The van der Waals surface area contributed by atoms with Crippen LogP contribution in [0, 0.1) is 11.6 Å². The Labute approximate surface area is 155 Å². The van der Waals surface area contributed by atoms with Crippen LogP contribution in [0.4, 0.5) is 20.2 Å². The maximum atomic E-state index is 14.5. The van der Waals surface area contributed by atoms with Crippen LogP contribution in [0.15, 0.2) is 36.9 Å². The van der Waals surface area contributed by atoms with Gasteiger partial charge >= 0.3 is 0 Å². The number of piperazine rings is 1. The Morgan fingerprint density at radius 3 is 2.70 bits per heavy atom. The average Bonchev–Trinajstić information content (AvgIpc) is 2.66. The number of fused-ring (bicyclic) bond motifs is 1. The molecule has 3 aromatic rings. The number of nitrogens with zero attached hydrogens (tertiary/aromatic N) is 4. The molecule has 0 saturated carbocycles. The van der Waals surface area contributed by atoms with Gasteiger partial charge in [-0.3, -0.25) is 15.0 Å². The zero-order valence-electron chi connectivity index (χ0n) is 14.9. The summed E-state index contributed by atoms with van der Waals surface area (Å²) in [5.74, 6) is -0.767. The van der Waals surface area contributed by atoms with Crippen molar-refractivity contribution in [1.82, 2.24) is 20.3 Å². The fraction of sp³-hybridized carbons (Fsp3) is 0.316. The summed E-state index contributed by atoms with van der Waals surface area (Å²) in [6.45, 7) is 4.41. The van der Waals surface area contributed by atoms with Crippen molar-refractivity contribution in [3.8, 4) is 0 Å². The molecule has 2 aromatic heterocycles. The first kappa shape index (κ1) is 17.5. The molecule has 0 radical (unpaired) electrons. The van der Waals surface area contributed by atoms with Crippen LogP contribution < -0.4 is 15.5 Å². The van der Waals surface area contributed by atoms with Crippen LogP contribution in [0.3, 0.4) is 0 Å². The molecule has 1 atom stereocenters. The van der Waals surface area contributed by atoms with Gasteiger partial charge in [0, 0.05) is 56.2 Å². The summed E-state index contributed by atoms with van der Waals surface area (Å²) < 4.78 is 28.9. The van der Waals surface area contributed by atoms with E-state index >= 15 is 0 Å². The highest BCUT2D eigenvalue weighted by molar-refractivity contribution is 5.75. The number of anilines is 2. The predicted octanol–water partition coefficient (Wildman–Crippen LogP) is 2.71. The van der Waals surface area contributed by atoms with E-state index in [1.54, 1.807) is 18.5 Å². The van der Waals surface area contributed by atoms with E-state index in [1.807, 2.05) is 4.90 Å². The first-order chi connectivity index (χ1) is 13.1. The molecular formula is C19H20F2N6. The van der Waals surface area contributed by atoms with Crippen LogP contribution in [0.2, 0.25) is 0 Å². The molecule has 2 N–H and O–H groups in total. The SMILES string of the molecule is CC1CN(c2c(F)cncc2NCc2cc3nccnc3cc2F)CCN1. The second kappa shape index (κ2) is 7.40. The third-order valence-corrected chi connectivity index (χ3v) is 4.66. The molecule has 1 fully saturated rings. The van der Waals surface area contributed by atoms with E-state index in [1.165, 1.54) is 18.5 Å². The largest absolute Gasteiger partial charge is 0.378 e. The summed E-state index contributed by atoms with van der Waals surface area (Å²) in [6.07, 6.45) is 5.87. The topological polar surface area (TPSA) is 66.0 Å². The van der Waals surface area contributed by atoms with E-state index in [-0.39, 0.29) is 24.2 Å². The smallest absolute Gasteiger partial charge is 0.166 e. The normalized spacial score (nSPS) is 17.3. The van der Waals surface area contributed by atoms with Gasteiger partial charge in [0.05, 0.1) is 34.8 Å². The minimum atomic E-state index is -0.390. The fourth-order valence-electron chi connectivity index (χ4n) is 3.37. The van der Waals surface area contributed by atoms with E-state index in [4.69, 9.17) is 0 Å². The zero-order valence-corrected chi connectivity index (χ0v) is 14.9. The molecule has 1 saturated heterocycles. The quantitative estimate of drug-likeness (QED) is 0.736. The third-order valence-electron chi connectivity index (χ3n) is 4.66. The van der Waals surface area contributed by atoms with Crippen molar-refractivity contribution < 1.29 is 8.78 Å². The molecule has 0 amide bonds. The number of hydrogen-bond acceptors (Lipinski definition) is 6. The maximum Gasteiger partial charge on any atom is 0.166 e. The van der Waals surface area contributed by atoms with Gasteiger partial charge in [-0.15, -0.1) is 0 Å². The van der Waals surface area contributed by atoms with E-state index in [0.717, 1.165) is 6.54 Å². The predicted molar refractivity (Wildman–Crippen MR) is 101 cm³/mol. The molecule has 1 aliphatic heterocycles. The molecule has 1 aromatic carbocycles. The lowest BCUT2D eigenvalue weighted by molar-refractivity contribution is 0.478. The first-order valence-electron chi connectivity index (χ1n) is 8.86. The molecule has 27 heavy (non-hydrogen) atoms. The van der Waals surface area contributed by atoms with Crippen LogP contribution in [0.25, 0.3) is 11.0 Å². The molecule has 140 valence electrons. The maximum absolute atomic E-state index is 14.5. The molecule has 1 unspecified atom stereocenters. The Bertz CT molecular complexity index is 964. The second-order valence-electron chi connectivity index (χ2n) is 6.66. The Hall–Kier alpha value is -2.87. The van der Waals surface area contributed by atoms with Crippen molar-refractivity contribution in [3.05, 3.63) is 54.1 Å². The minimum Gasteiger partial charge on any atom is -0.378 e. The summed E-state index contributed by atoms with van der Waals surface area (Å²) in [7, 11) is 0. The van der Waals surface area contributed by atoms with Gasteiger partial charge in [0.1, 0.15) is 5.82 Å². The van der Waals surface area contributed by atoms with E-state index in [0.29, 0.717) is 41.1 Å². The van der Waals surface area contributed by atoms with Gasteiger partial charge < -0.3 is 15.5 Å². The standard InChI is InChI=1S/C19H20F2N6/c1-12-11-27(5-4-23-12)19-15(21)9-22-10-18(19)26-8-13-6-16-17(7-14(13)20)25-3-2-24-16/h2-3,6-7,9-10,12,23,26H,4-5,8,11H2,1H3. The molecule has 0 bridgehead atoms. The average molecular weight is 370 g/mol. The van der Waals surface area contributed by atoms with E-state index in [2.05, 4.69) is 32.5 Å². The number of benzene rings is 1. The molecule has 3 heterocycles. The van der Waals surface area contributed by atoms with Gasteiger partial charge in [0.15, 0.2) is 5.82 Å². The van der Waals surface area contributed by atoms with Gasteiger partial charge in [-0.2, -0.15) is 0 Å².